The number of aliphatic carboxylic acids is 1. The van der Waals surface area contributed by atoms with Gasteiger partial charge in [0, 0.05) is 17.7 Å². The molecule has 3 N–H and O–H groups in total. The van der Waals surface area contributed by atoms with Crippen LogP contribution in [0.2, 0.25) is 0 Å². The van der Waals surface area contributed by atoms with E-state index in [9.17, 15) is 19.5 Å². The lowest BCUT2D eigenvalue weighted by molar-refractivity contribution is -0.138. The van der Waals surface area contributed by atoms with E-state index in [0.717, 1.165) is 11.1 Å². The molecule has 2 aromatic rings. The highest BCUT2D eigenvalue weighted by atomic mass is 16.5. The van der Waals surface area contributed by atoms with Gasteiger partial charge < -0.3 is 25.2 Å². The summed E-state index contributed by atoms with van der Waals surface area (Å²) >= 11 is 0. The number of methoxy groups -OCH3 is 2. The van der Waals surface area contributed by atoms with E-state index < -0.39 is 17.9 Å². The van der Waals surface area contributed by atoms with Crippen molar-refractivity contribution in [1.82, 2.24) is 4.90 Å². The molecule has 0 spiro atoms. The molecule has 0 saturated heterocycles. The topological polar surface area (TPSA) is 119 Å². The second kappa shape index (κ2) is 8.22. The molecular formula is C21H22N2O6. The number of carbonyl (C=O) groups is 3. The molecule has 0 fully saturated rings. The summed E-state index contributed by atoms with van der Waals surface area (Å²) in [6.07, 6.45) is 0.310. The second-order valence-corrected chi connectivity index (χ2v) is 6.71. The first kappa shape index (κ1) is 20.2. The van der Waals surface area contributed by atoms with Crippen molar-refractivity contribution in [2.24, 2.45) is 5.73 Å². The van der Waals surface area contributed by atoms with Crippen molar-refractivity contribution in [3.05, 3.63) is 58.7 Å². The lowest BCUT2D eigenvalue weighted by Crippen LogP contribution is -2.41. The number of rotatable bonds is 6. The molecule has 3 rings (SSSR count). The molecule has 1 heterocycles. The van der Waals surface area contributed by atoms with Crippen LogP contribution in [0.5, 0.6) is 11.5 Å². The van der Waals surface area contributed by atoms with Gasteiger partial charge in [-0.25, -0.2) is 0 Å². The molecule has 0 unspecified atom stereocenters. The van der Waals surface area contributed by atoms with Gasteiger partial charge >= 0.3 is 5.97 Å². The summed E-state index contributed by atoms with van der Waals surface area (Å²) in [5, 5.41) is 9.44. The van der Waals surface area contributed by atoms with E-state index in [1.165, 1.54) is 38.5 Å². The number of benzene rings is 2. The van der Waals surface area contributed by atoms with E-state index in [1.807, 2.05) is 6.07 Å². The number of nitrogens with zero attached hydrogens (tertiary/aromatic N) is 1. The number of fused-ring (bicyclic) bond motifs is 1. The third-order valence-corrected chi connectivity index (χ3v) is 5.05. The number of primary amides is 1. The minimum absolute atomic E-state index is 0.242. The molecule has 29 heavy (non-hydrogen) atoms. The first-order chi connectivity index (χ1) is 13.8. The van der Waals surface area contributed by atoms with Gasteiger partial charge in [-0.1, -0.05) is 0 Å². The second-order valence-electron chi connectivity index (χ2n) is 6.71. The van der Waals surface area contributed by atoms with E-state index in [1.54, 1.807) is 11.0 Å². The van der Waals surface area contributed by atoms with Crippen LogP contribution >= 0.6 is 0 Å². The summed E-state index contributed by atoms with van der Waals surface area (Å²) < 4.78 is 10.7. The van der Waals surface area contributed by atoms with Gasteiger partial charge in [-0.15, -0.1) is 0 Å². The van der Waals surface area contributed by atoms with E-state index >= 15 is 0 Å². The number of nitrogens with two attached hydrogens (primary N) is 1. The fraction of sp³-hybridized carbons (Fsp3) is 0.286. The van der Waals surface area contributed by atoms with Crippen LogP contribution < -0.4 is 15.2 Å². The molecule has 8 nitrogen and oxygen atoms in total. The number of hydrogen-bond acceptors (Lipinski definition) is 5. The number of ether oxygens (including phenoxy) is 2. The minimum atomic E-state index is -1.01. The molecule has 1 aliphatic heterocycles. The third kappa shape index (κ3) is 4.01. The summed E-state index contributed by atoms with van der Waals surface area (Å²) in [6, 6.07) is 8.90. The van der Waals surface area contributed by atoms with Crippen molar-refractivity contribution in [2.45, 2.75) is 18.9 Å². The van der Waals surface area contributed by atoms with Gasteiger partial charge in [-0.05, 0) is 53.9 Å². The lowest BCUT2D eigenvalue weighted by Gasteiger charge is -2.37. The summed E-state index contributed by atoms with van der Waals surface area (Å²) in [6.45, 7) is 0.358. The molecule has 1 atom stereocenters. The Kier molecular flexibility index (Phi) is 5.72. The largest absolute Gasteiger partial charge is 0.493 e. The molecule has 2 amide bonds. The summed E-state index contributed by atoms with van der Waals surface area (Å²) in [5.74, 6) is -0.878. The van der Waals surface area contributed by atoms with E-state index in [-0.39, 0.29) is 12.3 Å². The maximum Gasteiger partial charge on any atom is 0.305 e. The summed E-state index contributed by atoms with van der Waals surface area (Å²) in [5.41, 5.74) is 7.53. The third-order valence-electron chi connectivity index (χ3n) is 5.05. The van der Waals surface area contributed by atoms with E-state index in [4.69, 9.17) is 15.2 Å². The number of carboxylic acids is 1. The zero-order chi connectivity index (χ0) is 21.1. The first-order valence-corrected chi connectivity index (χ1v) is 9.03. The standard InChI is InChI=1S/C21H22N2O6/c1-28-17-9-14-7-8-23(16(11-19(24)25)15(14)10-18(17)29-2)21(27)13-5-3-12(4-6-13)20(22)26/h3-6,9-10,16H,7-8,11H2,1-2H3,(H2,22,26)(H,24,25)/t16-/m0/s1. The van der Waals surface area contributed by atoms with E-state index in [2.05, 4.69) is 0 Å². The van der Waals surface area contributed by atoms with Crippen molar-refractivity contribution in [2.75, 3.05) is 20.8 Å². The lowest BCUT2D eigenvalue weighted by atomic mass is 9.89. The Hall–Kier alpha value is -3.55. The molecule has 0 aromatic heterocycles. The van der Waals surface area contributed by atoms with Crippen LogP contribution in [0.25, 0.3) is 0 Å². The monoisotopic (exact) mass is 398 g/mol. The van der Waals surface area contributed by atoms with Crippen molar-refractivity contribution in [3.63, 3.8) is 0 Å². The number of hydrogen-bond donors (Lipinski definition) is 2. The van der Waals surface area contributed by atoms with Crippen molar-refractivity contribution < 1.29 is 29.0 Å². The van der Waals surface area contributed by atoms with Gasteiger partial charge in [0.05, 0.1) is 26.7 Å². The summed E-state index contributed by atoms with van der Waals surface area (Å²) in [7, 11) is 3.04. The highest BCUT2D eigenvalue weighted by molar-refractivity contribution is 5.97. The van der Waals surface area contributed by atoms with Gasteiger partial charge in [0.15, 0.2) is 11.5 Å². The first-order valence-electron chi connectivity index (χ1n) is 9.03. The van der Waals surface area contributed by atoms with Gasteiger partial charge in [0.2, 0.25) is 5.91 Å². The fourth-order valence-corrected chi connectivity index (χ4v) is 3.60. The van der Waals surface area contributed by atoms with Crippen molar-refractivity contribution >= 4 is 17.8 Å². The van der Waals surface area contributed by atoms with Crippen LogP contribution in [-0.2, 0) is 11.2 Å². The minimum Gasteiger partial charge on any atom is -0.493 e. The molecule has 0 aliphatic carbocycles. The Morgan fingerprint density at radius 2 is 1.66 bits per heavy atom. The van der Waals surface area contributed by atoms with Crippen LogP contribution in [-0.4, -0.2) is 48.6 Å². The highest BCUT2D eigenvalue weighted by Gasteiger charge is 2.34. The van der Waals surface area contributed by atoms with Gasteiger partial charge in [-0.2, -0.15) is 0 Å². The predicted octanol–water partition coefficient (Wildman–Crippen LogP) is 2.02. The number of amides is 2. The Labute approximate surface area is 167 Å². The van der Waals surface area contributed by atoms with Crippen molar-refractivity contribution in [3.8, 4) is 11.5 Å². The van der Waals surface area contributed by atoms with Crippen LogP contribution in [0, 0.1) is 0 Å². The zero-order valence-electron chi connectivity index (χ0n) is 16.2. The molecule has 0 radical (unpaired) electrons. The van der Waals surface area contributed by atoms with Gasteiger partial charge in [0.1, 0.15) is 0 Å². The van der Waals surface area contributed by atoms with Crippen LogP contribution in [0.1, 0.15) is 44.3 Å². The zero-order valence-corrected chi connectivity index (χ0v) is 16.2. The molecule has 2 aromatic carbocycles. The molecule has 0 saturated carbocycles. The average molecular weight is 398 g/mol. The molecule has 152 valence electrons. The maximum atomic E-state index is 13.1. The smallest absolute Gasteiger partial charge is 0.305 e. The Bertz CT molecular complexity index is 954. The fourth-order valence-electron chi connectivity index (χ4n) is 3.60. The molecular weight excluding hydrogens is 376 g/mol. The Balaban J connectivity index is 2.00. The predicted molar refractivity (Wildman–Crippen MR) is 104 cm³/mol. The average Bonchev–Trinajstić information content (AvgIpc) is 2.72. The number of carboxylic acid groups (broad SMARTS) is 1. The van der Waals surface area contributed by atoms with Crippen LogP contribution in [0.4, 0.5) is 0 Å². The van der Waals surface area contributed by atoms with E-state index in [0.29, 0.717) is 35.6 Å². The Morgan fingerprint density at radius 3 is 2.21 bits per heavy atom. The van der Waals surface area contributed by atoms with Crippen LogP contribution in [0.15, 0.2) is 36.4 Å². The maximum absolute atomic E-state index is 13.1. The highest BCUT2D eigenvalue weighted by Crippen LogP contribution is 2.40. The normalized spacial score (nSPS) is 15.4. The molecule has 0 bridgehead atoms. The van der Waals surface area contributed by atoms with Gasteiger partial charge in [0.25, 0.3) is 5.91 Å². The quantitative estimate of drug-likeness (QED) is 0.768. The van der Waals surface area contributed by atoms with Gasteiger partial charge in [-0.3, -0.25) is 14.4 Å². The number of carbonyl (C=O) groups excluding carboxylic acids is 2. The Morgan fingerprint density at radius 1 is 1.07 bits per heavy atom. The molecule has 1 aliphatic rings. The summed E-state index contributed by atoms with van der Waals surface area (Å²) in [4.78, 5) is 37.4. The van der Waals surface area contributed by atoms with Crippen molar-refractivity contribution in [1.29, 1.82) is 0 Å². The van der Waals surface area contributed by atoms with Crippen LogP contribution in [0.3, 0.4) is 0 Å². The SMILES string of the molecule is COc1cc2c(cc1OC)[C@H](CC(=O)O)N(C(=O)c1ccc(C(N)=O)cc1)CC2. The molecule has 8 heteroatoms.